The van der Waals surface area contributed by atoms with Crippen molar-refractivity contribution in [1.29, 1.82) is 0 Å². The highest BCUT2D eigenvalue weighted by Crippen LogP contribution is 2.11. The molecule has 0 fully saturated rings. The maximum atomic E-state index is 11.4. The third-order valence-electron chi connectivity index (χ3n) is 1.83. The molecular weight excluding hydrogens is 184 g/mol. The molecule has 0 unspecified atom stereocenters. The fourth-order valence-corrected chi connectivity index (χ4v) is 0.694. The van der Waals surface area contributed by atoms with E-state index in [0.717, 1.165) is 0 Å². The summed E-state index contributed by atoms with van der Waals surface area (Å²) in [5.41, 5.74) is 9.67. The Morgan fingerprint density at radius 1 is 1.21 bits per heavy atom. The predicted octanol–water partition coefficient (Wildman–Crippen LogP) is -1.24. The minimum atomic E-state index is -0.600. The monoisotopic (exact) mass is 202 g/mol. The number of hydrogen-bond donors (Lipinski definition) is 4. The molecule has 0 radical (unpaired) electrons. The Labute approximate surface area is 83.4 Å². The van der Waals surface area contributed by atoms with Crippen LogP contribution in [0, 0.1) is 5.41 Å². The van der Waals surface area contributed by atoms with Crippen LogP contribution in [0.5, 0.6) is 0 Å². The van der Waals surface area contributed by atoms with Crippen molar-refractivity contribution in [2.45, 2.75) is 13.8 Å². The Morgan fingerprint density at radius 2 is 1.71 bits per heavy atom. The number of carbonyl (C=O) groups is 2. The van der Waals surface area contributed by atoms with E-state index in [9.17, 15) is 9.59 Å². The van der Waals surface area contributed by atoms with Gasteiger partial charge >= 0.3 is 6.03 Å². The van der Waals surface area contributed by atoms with E-state index in [2.05, 4.69) is 10.6 Å². The van der Waals surface area contributed by atoms with Crippen LogP contribution in [-0.2, 0) is 4.79 Å². The largest absolute Gasteiger partial charge is 0.354 e. The molecule has 0 aromatic carbocycles. The lowest BCUT2D eigenvalue weighted by Gasteiger charge is -2.21. The molecule has 0 saturated heterocycles. The molecule has 14 heavy (non-hydrogen) atoms. The highest BCUT2D eigenvalue weighted by atomic mass is 16.2. The summed E-state index contributed by atoms with van der Waals surface area (Å²) in [6.45, 7) is 4.46. The highest BCUT2D eigenvalue weighted by Gasteiger charge is 2.24. The van der Waals surface area contributed by atoms with Crippen LogP contribution in [-0.4, -0.2) is 31.6 Å². The van der Waals surface area contributed by atoms with Crippen LogP contribution in [0.3, 0.4) is 0 Å². The van der Waals surface area contributed by atoms with Crippen LogP contribution in [0.2, 0.25) is 0 Å². The van der Waals surface area contributed by atoms with E-state index in [1.165, 1.54) is 0 Å². The molecule has 6 N–H and O–H groups in total. The molecule has 6 heteroatoms. The van der Waals surface area contributed by atoms with Gasteiger partial charge in [0.1, 0.15) is 0 Å². The van der Waals surface area contributed by atoms with Crippen LogP contribution >= 0.6 is 0 Å². The van der Waals surface area contributed by atoms with E-state index in [1.807, 2.05) is 0 Å². The molecule has 0 bridgehead atoms. The second kappa shape index (κ2) is 5.43. The molecule has 0 heterocycles. The standard InChI is InChI=1S/C8H18N4O2/c1-8(2,5-9)6(13)11-3-4-12-7(10)14/h3-5,9H2,1-2H3,(H,11,13)(H3,10,12,14). The molecule has 0 atom stereocenters. The van der Waals surface area contributed by atoms with E-state index in [-0.39, 0.29) is 12.5 Å². The summed E-state index contributed by atoms with van der Waals surface area (Å²) < 4.78 is 0. The molecular formula is C8H18N4O2. The first-order valence-corrected chi connectivity index (χ1v) is 4.42. The van der Waals surface area contributed by atoms with Gasteiger partial charge in [-0.1, -0.05) is 0 Å². The quantitative estimate of drug-likeness (QED) is 0.418. The number of nitrogens with two attached hydrogens (primary N) is 2. The van der Waals surface area contributed by atoms with E-state index in [0.29, 0.717) is 13.1 Å². The first kappa shape index (κ1) is 12.7. The van der Waals surface area contributed by atoms with Crippen LogP contribution in [0.25, 0.3) is 0 Å². The van der Waals surface area contributed by atoms with E-state index in [1.54, 1.807) is 13.8 Å². The zero-order valence-electron chi connectivity index (χ0n) is 8.59. The molecule has 0 aromatic rings. The molecule has 3 amide bonds. The summed E-state index contributed by atoms with van der Waals surface area (Å²) in [6, 6.07) is -0.600. The smallest absolute Gasteiger partial charge is 0.312 e. The molecule has 82 valence electrons. The topological polar surface area (TPSA) is 110 Å². The fraction of sp³-hybridized carbons (Fsp3) is 0.750. The number of urea groups is 1. The van der Waals surface area contributed by atoms with Crippen LogP contribution < -0.4 is 22.1 Å². The zero-order valence-corrected chi connectivity index (χ0v) is 8.59. The maximum absolute atomic E-state index is 11.4. The van der Waals surface area contributed by atoms with Gasteiger partial charge in [-0.2, -0.15) is 0 Å². The Bertz CT molecular complexity index is 215. The lowest BCUT2D eigenvalue weighted by molar-refractivity contribution is -0.128. The summed E-state index contributed by atoms with van der Waals surface area (Å²) in [7, 11) is 0. The van der Waals surface area contributed by atoms with Crippen molar-refractivity contribution in [2.75, 3.05) is 19.6 Å². The maximum Gasteiger partial charge on any atom is 0.312 e. The van der Waals surface area contributed by atoms with E-state index in [4.69, 9.17) is 11.5 Å². The van der Waals surface area contributed by atoms with Gasteiger partial charge in [0.2, 0.25) is 5.91 Å². The van der Waals surface area contributed by atoms with Gasteiger partial charge in [0.15, 0.2) is 0 Å². The van der Waals surface area contributed by atoms with Gasteiger partial charge in [-0.15, -0.1) is 0 Å². The Balaban J connectivity index is 3.70. The molecule has 6 nitrogen and oxygen atoms in total. The van der Waals surface area contributed by atoms with Crippen LogP contribution in [0.15, 0.2) is 0 Å². The summed E-state index contributed by atoms with van der Waals surface area (Å²) in [5, 5.41) is 5.00. The molecule has 0 aliphatic carbocycles. The van der Waals surface area contributed by atoms with Gasteiger partial charge in [0, 0.05) is 19.6 Å². The van der Waals surface area contributed by atoms with Gasteiger partial charge in [-0.3, -0.25) is 4.79 Å². The average molecular weight is 202 g/mol. The number of primary amides is 1. The fourth-order valence-electron chi connectivity index (χ4n) is 0.694. The third kappa shape index (κ3) is 4.66. The normalized spacial score (nSPS) is 10.8. The van der Waals surface area contributed by atoms with Crippen molar-refractivity contribution >= 4 is 11.9 Å². The Hall–Kier alpha value is -1.30. The average Bonchev–Trinajstić information content (AvgIpc) is 2.11. The number of nitrogens with one attached hydrogen (secondary N) is 2. The first-order valence-electron chi connectivity index (χ1n) is 4.42. The molecule has 0 saturated carbocycles. The van der Waals surface area contributed by atoms with Crippen molar-refractivity contribution in [1.82, 2.24) is 10.6 Å². The van der Waals surface area contributed by atoms with Crippen LogP contribution in [0.1, 0.15) is 13.8 Å². The minimum Gasteiger partial charge on any atom is -0.354 e. The van der Waals surface area contributed by atoms with Crippen molar-refractivity contribution in [3.8, 4) is 0 Å². The molecule has 0 aliphatic heterocycles. The van der Waals surface area contributed by atoms with Crippen molar-refractivity contribution in [2.24, 2.45) is 16.9 Å². The van der Waals surface area contributed by atoms with Crippen molar-refractivity contribution in [3.05, 3.63) is 0 Å². The van der Waals surface area contributed by atoms with Crippen molar-refractivity contribution in [3.63, 3.8) is 0 Å². The lowest BCUT2D eigenvalue weighted by atomic mass is 9.93. The molecule has 0 spiro atoms. The number of amides is 3. The number of rotatable bonds is 5. The minimum absolute atomic E-state index is 0.133. The Kier molecular flexibility index (Phi) is 4.93. The zero-order chi connectivity index (χ0) is 11.2. The van der Waals surface area contributed by atoms with Gasteiger partial charge in [-0.05, 0) is 13.8 Å². The third-order valence-corrected chi connectivity index (χ3v) is 1.83. The SMILES string of the molecule is CC(C)(CN)C(=O)NCCNC(N)=O. The number of hydrogen-bond acceptors (Lipinski definition) is 3. The Morgan fingerprint density at radius 3 is 2.14 bits per heavy atom. The van der Waals surface area contributed by atoms with E-state index < -0.39 is 11.4 Å². The van der Waals surface area contributed by atoms with Crippen molar-refractivity contribution < 1.29 is 9.59 Å². The summed E-state index contributed by atoms with van der Waals surface area (Å²) in [6.07, 6.45) is 0. The summed E-state index contributed by atoms with van der Waals surface area (Å²) in [5.74, 6) is -0.133. The summed E-state index contributed by atoms with van der Waals surface area (Å²) in [4.78, 5) is 21.7. The molecule has 0 aromatic heterocycles. The van der Waals surface area contributed by atoms with Gasteiger partial charge in [0.05, 0.1) is 5.41 Å². The van der Waals surface area contributed by atoms with Gasteiger partial charge in [0.25, 0.3) is 0 Å². The van der Waals surface area contributed by atoms with Gasteiger partial charge in [-0.25, -0.2) is 4.79 Å². The summed E-state index contributed by atoms with van der Waals surface area (Å²) >= 11 is 0. The second-order valence-electron chi connectivity index (χ2n) is 3.63. The predicted molar refractivity (Wildman–Crippen MR) is 53.4 cm³/mol. The first-order chi connectivity index (χ1) is 6.40. The highest BCUT2D eigenvalue weighted by molar-refractivity contribution is 5.82. The van der Waals surface area contributed by atoms with Crippen LogP contribution in [0.4, 0.5) is 4.79 Å². The van der Waals surface area contributed by atoms with Gasteiger partial charge < -0.3 is 22.1 Å². The molecule has 0 aliphatic rings. The lowest BCUT2D eigenvalue weighted by Crippen LogP contribution is -2.44. The second-order valence-corrected chi connectivity index (χ2v) is 3.63. The number of carbonyl (C=O) groups excluding carboxylic acids is 2. The molecule has 0 rings (SSSR count). The van der Waals surface area contributed by atoms with E-state index >= 15 is 0 Å².